The first-order valence-electron chi connectivity index (χ1n) is 11.8. The van der Waals surface area contributed by atoms with Gasteiger partial charge in [-0.2, -0.15) is 5.10 Å². The van der Waals surface area contributed by atoms with Gasteiger partial charge in [0.25, 0.3) is 0 Å². The molecule has 1 unspecified atom stereocenters. The minimum absolute atomic E-state index is 0.173. The summed E-state index contributed by atoms with van der Waals surface area (Å²) in [5.74, 6) is 0. The first-order valence-corrected chi connectivity index (χ1v) is 11.8. The maximum Gasteiger partial charge on any atom is 0.0831 e. The van der Waals surface area contributed by atoms with E-state index in [1.54, 1.807) is 0 Å². The number of hydrazone groups is 1. The van der Waals surface area contributed by atoms with Crippen LogP contribution in [0.1, 0.15) is 45.8 Å². The molecule has 1 atom stereocenters. The van der Waals surface area contributed by atoms with E-state index in [-0.39, 0.29) is 6.04 Å². The lowest BCUT2D eigenvalue weighted by Crippen LogP contribution is -2.18. The van der Waals surface area contributed by atoms with Gasteiger partial charge in [0.1, 0.15) is 0 Å². The molecule has 0 radical (unpaired) electrons. The first kappa shape index (κ1) is 21.8. The molecule has 0 aromatic heterocycles. The molecule has 3 nitrogen and oxygen atoms in total. The first-order chi connectivity index (χ1) is 16.6. The van der Waals surface area contributed by atoms with Crippen molar-refractivity contribution >= 4 is 23.3 Å². The predicted octanol–water partition coefficient (Wildman–Crippen LogP) is 7.72. The van der Waals surface area contributed by atoms with Gasteiger partial charge in [-0.1, -0.05) is 90.0 Å². The average Bonchev–Trinajstić information content (AvgIpc) is 3.30. The fourth-order valence-electron chi connectivity index (χ4n) is 4.41. The lowest BCUT2D eigenvalue weighted by Gasteiger charge is -2.24. The Bertz CT molecular complexity index is 1330. The summed E-state index contributed by atoms with van der Waals surface area (Å²) in [6.45, 7) is 6.32. The maximum absolute atomic E-state index is 5.08. The number of hydrogen-bond acceptors (Lipinski definition) is 3. The quantitative estimate of drug-likeness (QED) is 0.290. The van der Waals surface area contributed by atoms with Crippen LogP contribution < -0.4 is 5.01 Å². The van der Waals surface area contributed by atoms with Gasteiger partial charge in [0.15, 0.2) is 0 Å². The molecule has 1 heterocycles. The number of nitrogens with zero attached hydrogens (tertiary/aromatic N) is 3. The minimum atomic E-state index is 0.173. The number of aryl methyl sites for hydroxylation is 3. The van der Waals surface area contributed by atoms with Crippen molar-refractivity contribution in [1.29, 1.82) is 0 Å². The molecule has 0 fully saturated rings. The third kappa shape index (κ3) is 4.69. The highest BCUT2D eigenvalue weighted by Gasteiger charge is 2.29. The summed E-state index contributed by atoms with van der Waals surface area (Å²) < 4.78 is 0. The van der Waals surface area contributed by atoms with E-state index in [4.69, 9.17) is 10.1 Å². The van der Waals surface area contributed by atoms with E-state index in [0.717, 1.165) is 29.1 Å². The molecule has 1 aliphatic rings. The predicted molar refractivity (Wildman–Crippen MR) is 144 cm³/mol. The van der Waals surface area contributed by atoms with Gasteiger partial charge in [-0.25, -0.2) is 0 Å². The van der Waals surface area contributed by atoms with Crippen LogP contribution in [0.3, 0.4) is 0 Å². The van der Waals surface area contributed by atoms with E-state index >= 15 is 0 Å². The monoisotopic (exact) mass is 443 g/mol. The highest BCUT2D eigenvalue weighted by molar-refractivity contribution is 6.03. The molecule has 4 aromatic carbocycles. The summed E-state index contributed by atoms with van der Waals surface area (Å²) in [6, 6.07) is 34.3. The van der Waals surface area contributed by atoms with Gasteiger partial charge >= 0.3 is 0 Å². The number of hydrogen-bond donors (Lipinski definition) is 0. The van der Waals surface area contributed by atoms with Crippen LogP contribution in [0.5, 0.6) is 0 Å². The SMILES string of the molecule is Cc1ccc(C2=NN(c3ccc(C=Nc4ccc(C)cc4C)cc3)C(c3ccccc3)C2)cc1. The molecular weight excluding hydrogens is 414 g/mol. The lowest BCUT2D eigenvalue weighted by molar-refractivity contribution is 0.709. The molecule has 0 amide bonds. The standard InChI is InChI=1S/C31H29N3/c1-22-9-14-26(15-10-22)30-20-31(27-7-5-4-6-8-27)34(33-30)28-16-12-25(13-17-28)21-32-29-18-11-23(2)19-24(29)3/h4-19,21,31H,20H2,1-3H3. The van der Waals surface area contributed by atoms with Gasteiger partial charge < -0.3 is 0 Å². The molecule has 5 rings (SSSR count). The fraction of sp³-hybridized carbons (Fsp3) is 0.161. The zero-order chi connectivity index (χ0) is 23.5. The van der Waals surface area contributed by atoms with Crippen LogP contribution in [0.4, 0.5) is 11.4 Å². The molecule has 0 saturated carbocycles. The third-order valence-electron chi connectivity index (χ3n) is 6.34. The molecule has 3 heteroatoms. The Hall–Kier alpha value is -3.98. The number of rotatable bonds is 5. The normalized spacial score (nSPS) is 15.7. The Balaban J connectivity index is 1.43. The molecule has 0 bridgehead atoms. The Labute approximate surface area is 202 Å². The van der Waals surface area contributed by atoms with Gasteiger partial charge in [-0.15, -0.1) is 0 Å². The molecule has 1 aliphatic heterocycles. The molecule has 4 aromatic rings. The molecule has 0 N–H and O–H groups in total. The van der Waals surface area contributed by atoms with Gasteiger partial charge in [-0.3, -0.25) is 10.0 Å². The van der Waals surface area contributed by atoms with Gasteiger partial charge in [0.2, 0.25) is 0 Å². The third-order valence-corrected chi connectivity index (χ3v) is 6.34. The summed E-state index contributed by atoms with van der Waals surface area (Å²) in [6.07, 6.45) is 2.81. The van der Waals surface area contributed by atoms with Crippen LogP contribution in [0.2, 0.25) is 0 Å². The number of benzene rings is 4. The van der Waals surface area contributed by atoms with Crippen molar-refractivity contribution < 1.29 is 0 Å². The summed E-state index contributed by atoms with van der Waals surface area (Å²) >= 11 is 0. The molecule has 0 spiro atoms. The molecule has 0 aliphatic carbocycles. The van der Waals surface area contributed by atoms with Crippen molar-refractivity contribution in [1.82, 2.24) is 0 Å². The van der Waals surface area contributed by atoms with Crippen molar-refractivity contribution in [3.05, 3.63) is 130 Å². The Morgan fingerprint density at radius 3 is 2.21 bits per heavy atom. The summed E-state index contributed by atoms with van der Waals surface area (Å²) in [5, 5.41) is 7.24. The summed E-state index contributed by atoms with van der Waals surface area (Å²) in [7, 11) is 0. The van der Waals surface area contributed by atoms with Crippen LogP contribution in [0, 0.1) is 20.8 Å². The summed E-state index contributed by atoms with van der Waals surface area (Å²) in [5.41, 5.74) is 10.4. The van der Waals surface area contributed by atoms with E-state index in [0.29, 0.717) is 0 Å². The number of anilines is 1. The van der Waals surface area contributed by atoms with Crippen LogP contribution >= 0.6 is 0 Å². The Morgan fingerprint density at radius 2 is 1.50 bits per heavy atom. The highest BCUT2D eigenvalue weighted by atomic mass is 15.5. The second-order valence-electron chi connectivity index (χ2n) is 9.03. The van der Waals surface area contributed by atoms with Crippen LogP contribution in [-0.4, -0.2) is 11.9 Å². The summed E-state index contributed by atoms with van der Waals surface area (Å²) in [4.78, 5) is 4.70. The van der Waals surface area contributed by atoms with E-state index in [1.165, 1.54) is 27.8 Å². The zero-order valence-electron chi connectivity index (χ0n) is 19.9. The van der Waals surface area contributed by atoms with Crippen LogP contribution in [0.25, 0.3) is 0 Å². The van der Waals surface area contributed by atoms with Crippen molar-refractivity contribution in [2.24, 2.45) is 10.1 Å². The van der Waals surface area contributed by atoms with Crippen molar-refractivity contribution in [2.45, 2.75) is 33.2 Å². The lowest BCUT2D eigenvalue weighted by atomic mass is 9.98. The molecular formula is C31H29N3. The topological polar surface area (TPSA) is 28.0 Å². The van der Waals surface area contributed by atoms with Crippen LogP contribution in [-0.2, 0) is 0 Å². The van der Waals surface area contributed by atoms with Crippen molar-refractivity contribution in [3.8, 4) is 0 Å². The van der Waals surface area contributed by atoms with Crippen molar-refractivity contribution in [2.75, 3.05) is 5.01 Å². The van der Waals surface area contributed by atoms with E-state index < -0.39 is 0 Å². The van der Waals surface area contributed by atoms with Gasteiger partial charge in [0.05, 0.1) is 23.1 Å². The zero-order valence-corrected chi connectivity index (χ0v) is 19.9. The largest absolute Gasteiger partial charge is 0.257 e. The van der Waals surface area contributed by atoms with Crippen molar-refractivity contribution in [3.63, 3.8) is 0 Å². The maximum atomic E-state index is 5.08. The second kappa shape index (κ2) is 9.48. The molecule has 34 heavy (non-hydrogen) atoms. The average molecular weight is 444 g/mol. The van der Waals surface area contributed by atoms with Crippen LogP contribution in [0.15, 0.2) is 107 Å². The molecule has 0 saturated heterocycles. The Kier molecular flexibility index (Phi) is 6.09. The van der Waals surface area contributed by atoms with E-state index in [2.05, 4.69) is 123 Å². The fourth-order valence-corrected chi connectivity index (χ4v) is 4.41. The Morgan fingerprint density at radius 1 is 0.794 bits per heavy atom. The van der Waals surface area contributed by atoms with Gasteiger partial charge in [-0.05, 0) is 61.2 Å². The minimum Gasteiger partial charge on any atom is -0.257 e. The van der Waals surface area contributed by atoms with E-state index in [1.807, 2.05) is 6.21 Å². The molecule has 168 valence electrons. The highest BCUT2D eigenvalue weighted by Crippen LogP contribution is 2.36. The van der Waals surface area contributed by atoms with E-state index in [9.17, 15) is 0 Å². The smallest absolute Gasteiger partial charge is 0.0831 e. The second-order valence-corrected chi connectivity index (χ2v) is 9.03. The number of aliphatic imine (C=N–C) groups is 1. The van der Waals surface area contributed by atoms with Gasteiger partial charge in [0, 0.05) is 12.6 Å².